The molecule has 2 atom stereocenters. The van der Waals surface area contributed by atoms with E-state index in [1.165, 1.54) is 0 Å². The van der Waals surface area contributed by atoms with E-state index in [4.69, 9.17) is 22.1 Å². The largest absolute Gasteiger partial charge is 0.398 e. The molecule has 18 heavy (non-hydrogen) atoms. The van der Waals surface area contributed by atoms with Crippen LogP contribution in [0.1, 0.15) is 24.2 Å². The number of anilines is 1. The van der Waals surface area contributed by atoms with Crippen LogP contribution in [-0.2, 0) is 4.74 Å². The molecule has 5 heteroatoms. The summed E-state index contributed by atoms with van der Waals surface area (Å²) < 4.78 is 5.61. The molecule has 2 unspecified atom stereocenters. The number of nitrogens with zero attached hydrogens (tertiary/aromatic N) is 1. The molecule has 1 saturated heterocycles. The summed E-state index contributed by atoms with van der Waals surface area (Å²) >= 11 is 5.93. The lowest BCUT2D eigenvalue weighted by Crippen LogP contribution is -2.48. The molecular formula is C13H17ClN2O2. The van der Waals surface area contributed by atoms with Crippen LogP contribution in [0.15, 0.2) is 18.2 Å². The Hall–Kier alpha value is -1.26. The summed E-state index contributed by atoms with van der Waals surface area (Å²) in [5.41, 5.74) is 6.68. The average molecular weight is 269 g/mol. The van der Waals surface area contributed by atoms with Crippen molar-refractivity contribution in [2.45, 2.75) is 26.1 Å². The highest BCUT2D eigenvalue weighted by Gasteiger charge is 2.26. The smallest absolute Gasteiger partial charge is 0.254 e. The van der Waals surface area contributed by atoms with Gasteiger partial charge >= 0.3 is 0 Å². The van der Waals surface area contributed by atoms with Gasteiger partial charge in [0.2, 0.25) is 0 Å². The number of nitrogen functional groups attached to an aromatic ring is 1. The number of hydrogen-bond acceptors (Lipinski definition) is 3. The van der Waals surface area contributed by atoms with Crippen molar-refractivity contribution in [2.75, 3.05) is 18.8 Å². The summed E-state index contributed by atoms with van der Waals surface area (Å²) in [4.78, 5) is 14.1. The van der Waals surface area contributed by atoms with Gasteiger partial charge in [-0.3, -0.25) is 4.79 Å². The molecule has 2 N–H and O–H groups in total. The summed E-state index contributed by atoms with van der Waals surface area (Å²) in [5, 5.41) is 0.412. The minimum atomic E-state index is -0.0288. The van der Waals surface area contributed by atoms with Gasteiger partial charge in [-0.1, -0.05) is 11.6 Å². The lowest BCUT2D eigenvalue weighted by molar-refractivity contribution is -0.0586. The van der Waals surface area contributed by atoms with Gasteiger partial charge in [0.15, 0.2) is 0 Å². The third-order valence-electron chi connectivity index (χ3n) is 2.95. The van der Waals surface area contributed by atoms with Crippen molar-refractivity contribution in [3.05, 3.63) is 28.8 Å². The molecule has 1 aliphatic heterocycles. The molecule has 2 rings (SSSR count). The van der Waals surface area contributed by atoms with Crippen molar-refractivity contribution in [3.63, 3.8) is 0 Å². The Morgan fingerprint density at radius 2 is 2.00 bits per heavy atom. The molecule has 0 bridgehead atoms. The van der Waals surface area contributed by atoms with Gasteiger partial charge in [-0.05, 0) is 32.0 Å². The average Bonchev–Trinajstić information content (AvgIpc) is 2.30. The van der Waals surface area contributed by atoms with Gasteiger partial charge in [0.1, 0.15) is 0 Å². The molecule has 0 saturated carbocycles. The number of carbonyl (C=O) groups is 1. The third-order valence-corrected chi connectivity index (χ3v) is 3.28. The molecule has 98 valence electrons. The number of hydrogen-bond donors (Lipinski definition) is 1. The normalized spacial score (nSPS) is 24.1. The highest BCUT2D eigenvalue weighted by Crippen LogP contribution is 2.21. The van der Waals surface area contributed by atoms with E-state index in [1.807, 2.05) is 13.8 Å². The summed E-state index contributed by atoms with van der Waals surface area (Å²) in [6.07, 6.45) is 0.115. The number of morpholine rings is 1. The van der Waals surface area contributed by atoms with E-state index < -0.39 is 0 Å². The Morgan fingerprint density at radius 3 is 2.56 bits per heavy atom. The molecule has 0 radical (unpaired) electrons. The number of carbonyl (C=O) groups excluding carboxylic acids is 1. The highest BCUT2D eigenvalue weighted by molar-refractivity contribution is 6.33. The SMILES string of the molecule is CC1CN(C(=O)c2ccc(N)c(Cl)c2)CC(C)O1. The highest BCUT2D eigenvalue weighted by atomic mass is 35.5. The van der Waals surface area contributed by atoms with Crippen molar-refractivity contribution in [2.24, 2.45) is 0 Å². The van der Waals surface area contributed by atoms with Crippen LogP contribution in [0.3, 0.4) is 0 Å². The van der Waals surface area contributed by atoms with Gasteiger partial charge in [0.25, 0.3) is 5.91 Å². The number of halogens is 1. The van der Waals surface area contributed by atoms with Crippen molar-refractivity contribution >= 4 is 23.2 Å². The van der Waals surface area contributed by atoms with Gasteiger partial charge in [-0.15, -0.1) is 0 Å². The van der Waals surface area contributed by atoms with Gasteiger partial charge in [0, 0.05) is 18.7 Å². The first-order chi connectivity index (χ1) is 8.47. The van der Waals surface area contributed by atoms with Crippen LogP contribution >= 0.6 is 11.6 Å². The van der Waals surface area contributed by atoms with Gasteiger partial charge in [-0.2, -0.15) is 0 Å². The predicted molar refractivity (Wildman–Crippen MR) is 71.8 cm³/mol. The molecule has 1 aromatic carbocycles. The minimum Gasteiger partial charge on any atom is -0.398 e. The van der Waals surface area contributed by atoms with Crippen LogP contribution < -0.4 is 5.73 Å². The van der Waals surface area contributed by atoms with Crippen molar-refractivity contribution < 1.29 is 9.53 Å². The van der Waals surface area contributed by atoms with E-state index in [9.17, 15) is 4.79 Å². The quantitative estimate of drug-likeness (QED) is 0.794. The van der Waals surface area contributed by atoms with Crippen LogP contribution in [0.25, 0.3) is 0 Å². The molecule has 1 amide bonds. The first kappa shape index (κ1) is 13.2. The molecule has 0 spiro atoms. The number of amides is 1. The van der Waals surface area contributed by atoms with E-state index in [0.717, 1.165) is 0 Å². The fraction of sp³-hybridized carbons (Fsp3) is 0.462. The fourth-order valence-electron chi connectivity index (χ4n) is 2.19. The summed E-state index contributed by atoms with van der Waals surface area (Å²) in [6.45, 7) is 5.13. The third kappa shape index (κ3) is 2.76. The van der Waals surface area contributed by atoms with Crippen LogP contribution in [-0.4, -0.2) is 36.1 Å². The summed E-state index contributed by atoms with van der Waals surface area (Å²) in [5.74, 6) is -0.0288. The van der Waals surface area contributed by atoms with E-state index in [1.54, 1.807) is 23.1 Å². The molecule has 0 aliphatic carbocycles. The van der Waals surface area contributed by atoms with E-state index in [-0.39, 0.29) is 18.1 Å². The maximum atomic E-state index is 12.3. The fourth-order valence-corrected chi connectivity index (χ4v) is 2.37. The van der Waals surface area contributed by atoms with E-state index in [2.05, 4.69) is 0 Å². The maximum absolute atomic E-state index is 12.3. The monoisotopic (exact) mass is 268 g/mol. The lowest BCUT2D eigenvalue weighted by Gasteiger charge is -2.35. The predicted octanol–water partition coefficient (Wildman–Crippen LogP) is 2.17. The first-order valence-electron chi connectivity index (χ1n) is 5.97. The molecule has 1 aliphatic rings. The Morgan fingerprint density at radius 1 is 1.39 bits per heavy atom. The molecule has 1 heterocycles. The van der Waals surface area contributed by atoms with Crippen LogP contribution in [0.2, 0.25) is 5.02 Å². The first-order valence-corrected chi connectivity index (χ1v) is 6.35. The summed E-state index contributed by atoms with van der Waals surface area (Å²) in [7, 11) is 0. The maximum Gasteiger partial charge on any atom is 0.254 e. The van der Waals surface area contributed by atoms with Crippen LogP contribution in [0, 0.1) is 0 Å². The van der Waals surface area contributed by atoms with Crippen molar-refractivity contribution in [1.82, 2.24) is 4.90 Å². The van der Waals surface area contributed by atoms with Gasteiger partial charge in [0.05, 0.1) is 22.9 Å². The second kappa shape index (κ2) is 5.16. The van der Waals surface area contributed by atoms with E-state index in [0.29, 0.717) is 29.4 Å². The Bertz CT molecular complexity index is 454. The molecular weight excluding hydrogens is 252 g/mol. The van der Waals surface area contributed by atoms with Crippen LogP contribution in [0.5, 0.6) is 0 Å². The zero-order valence-electron chi connectivity index (χ0n) is 10.5. The number of nitrogens with two attached hydrogens (primary N) is 1. The lowest BCUT2D eigenvalue weighted by atomic mass is 10.1. The van der Waals surface area contributed by atoms with Gasteiger partial charge < -0.3 is 15.4 Å². The molecule has 1 fully saturated rings. The standard InChI is InChI=1S/C13H17ClN2O2/c1-8-6-16(7-9(2)18-8)13(17)10-3-4-12(15)11(14)5-10/h3-5,8-9H,6-7,15H2,1-2H3. The topological polar surface area (TPSA) is 55.6 Å². The summed E-state index contributed by atoms with van der Waals surface area (Å²) in [6, 6.07) is 4.97. The van der Waals surface area contributed by atoms with Crippen molar-refractivity contribution in [1.29, 1.82) is 0 Å². The van der Waals surface area contributed by atoms with Crippen LogP contribution in [0.4, 0.5) is 5.69 Å². The molecule has 0 aromatic heterocycles. The second-order valence-electron chi connectivity index (χ2n) is 4.70. The molecule has 4 nitrogen and oxygen atoms in total. The number of rotatable bonds is 1. The molecule has 1 aromatic rings. The van der Waals surface area contributed by atoms with E-state index >= 15 is 0 Å². The Kier molecular flexibility index (Phi) is 3.78. The number of ether oxygens (including phenoxy) is 1. The zero-order valence-corrected chi connectivity index (χ0v) is 11.3. The minimum absolute atomic E-state index is 0.0288. The van der Waals surface area contributed by atoms with Crippen molar-refractivity contribution in [3.8, 4) is 0 Å². The Balaban J connectivity index is 2.17. The zero-order chi connectivity index (χ0) is 13.3. The number of benzene rings is 1. The second-order valence-corrected chi connectivity index (χ2v) is 5.11. The Labute approximate surface area is 112 Å². The van der Waals surface area contributed by atoms with Gasteiger partial charge in [-0.25, -0.2) is 0 Å².